The third-order valence-electron chi connectivity index (χ3n) is 3.61. The number of aliphatic carboxylic acids is 1. The number of hydrogen-bond donors (Lipinski definition) is 2. The monoisotopic (exact) mass is 281 g/mol. The van der Waals surface area contributed by atoms with Gasteiger partial charge >= 0.3 is 12.0 Å². The second kappa shape index (κ2) is 5.89. The summed E-state index contributed by atoms with van der Waals surface area (Å²) in [6.07, 6.45) is 2.58. The minimum absolute atomic E-state index is 0.190. The van der Waals surface area contributed by atoms with Crippen LogP contribution in [0.3, 0.4) is 0 Å². The lowest BCUT2D eigenvalue weighted by Gasteiger charge is -2.31. The molecule has 8 nitrogen and oxygen atoms in total. The Bertz CT molecular complexity index is 493. The van der Waals surface area contributed by atoms with Gasteiger partial charge < -0.3 is 19.9 Å². The van der Waals surface area contributed by atoms with Crippen LogP contribution in [0.1, 0.15) is 31.6 Å². The van der Waals surface area contributed by atoms with Gasteiger partial charge in [-0.15, -0.1) is 10.2 Å². The Morgan fingerprint density at radius 2 is 2.10 bits per heavy atom. The molecule has 2 amide bonds. The zero-order valence-electron chi connectivity index (χ0n) is 11.6. The van der Waals surface area contributed by atoms with Gasteiger partial charge in [-0.3, -0.25) is 4.79 Å². The molecule has 0 radical (unpaired) electrons. The van der Waals surface area contributed by atoms with E-state index in [1.54, 1.807) is 15.8 Å². The third-order valence-corrected chi connectivity index (χ3v) is 3.61. The van der Waals surface area contributed by atoms with Crippen molar-refractivity contribution >= 4 is 12.0 Å². The van der Waals surface area contributed by atoms with E-state index in [0.717, 1.165) is 0 Å². The normalized spacial score (nSPS) is 17.8. The molecule has 8 heteroatoms. The molecule has 1 atom stereocenters. The number of carboxylic acid groups (broad SMARTS) is 1. The number of rotatable bonds is 3. The van der Waals surface area contributed by atoms with Gasteiger partial charge in [0, 0.05) is 20.1 Å². The lowest BCUT2D eigenvalue weighted by atomic mass is 9.97. The van der Waals surface area contributed by atoms with E-state index in [1.807, 2.05) is 14.0 Å². The fourth-order valence-corrected chi connectivity index (χ4v) is 2.35. The number of piperidine rings is 1. The smallest absolute Gasteiger partial charge is 0.317 e. The molecule has 1 saturated heterocycles. The number of likely N-dealkylation sites (tertiary alicyclic amines) is 1. The van der Waals surface area contributed by atoms with Crippen molar-refractivity contribution in [2.24, 2.45) is 13.0 Å². The van der Waals surface area contributed by atoms with Gasteiger partial charge in [0.25, 0.3) is 0 Å². The number of carboxylic acids is 1. The predicted molar refractivity (Wildman–Crippen MR) is 69.9 cm³/mol. The maximum atomic E-state index is 12.1. The molecule has 0 aliphatic carbocycles. The van der Waals surface area contributed by atoms with Crippen LogP contribution in [0.25, 0.3) is 0 Å². The largest absolute Gasteiger partial charge is 0.481 e. The number of aryl methyl sites for hydroxylation is 1. The van der Waals surface area contributed by atoms with E-state index >= 15 is 0 Å². The van der Waals surface area contributed by atoms with Crippen LogP contribution in [0.5, 0.6) is 0 Å². The molecular weight excluding hydrogens is 262 g/mol. The van der Waals surface area contributed by atoms with Gasteiger partial charge in [-0.05, 0) is 19.8 Å². The van der Waals surface area contributed by atoms with Crippen LogP contribution in [0.2, 0.25) is 0 Å². The highest BCUT2D eigenvalue weighted by atomic mass is 16.4. The van der Waals surface area contributed by atoms with E-state index in [0.29, 0.717) is 31.8 Å². The number of urea groups is 1. The highest BCUT2D eigenvalue weighted by Crippen LogP contribution is 2.18. The topological polar surface area (TPSA) is 100 Å². The van der Waals surface area contributed by atoms with Gasteiger partial charge in [0.2, 0.25) is 0 Å². The third kappa shape index (κ3) is 3.06. The molecule has 20 heavy (non-hydrogen) atoms. The molecule has 0 bridgehead atoms. The molecule has 1 aromatic heterocycles. The number of hydrogen-bond acceptors (Lipinski definition) is 4. The molecule has 0 spiro atoms. The van der Waals surface area contributed by atoms with Crippen molar-refractivity contribution in [2.45, 2.75) is 25.8 Å². The molecule has 1 aliphatic rings. The summed E-state index contributed by atoms with van der Waals surface area (Å²) >= 11 is 0. The molecule has 2 heterocycles. The van der Waals surface area contributed by atoms with E-state index in [-0.39, 0.29) is 18.0 Å². The molecule has 1 fully saturated rings. The van der Waals surface area contributed by atoms with Crippen molar-refractivity contribution in [2.75, 3.05) is 13.1 Å². The van der Waals surface area contributed by atoms with Crippen LogP contribution >= 0.6 is 0 Å². The Hall–Kier alpha value is -2.12. The minimum atomic E-state index is -0.780. The van der Waals surface area contributed by atoms with Crippen molar-refractivity contribution in [3.63, 3.8) is 0 Å². The van der Waals surface area contributed by atoms with Crippen LogP contribution in [0.4, 0.5) is 4.79 Å². The van der Waals surface area contributed by atoms with Gasteiger partial charge in [-0.25, -0.2) is 4.79 Å². The fraction of sp³-hybridized carbons (Fsp3) is 0.667. The molecule has 2 N–H and O–H groups in total. The lowest BCUT2D eigenvalue weighted by Crippen LogP contribution is -2.46. The zero-order chi connectivity index (χ0) is 14.7. The second-order valence-electron chi connectivity index (χ2n) is 5.07. The van der Waals surface area contributed by atoms with Crippen LogP contribution in [-0.2, 0) is 11.8 Å². The van der Waals surface area contributed by atoms with E-state index in [4.69, 9.17) is 5.11 Å². The average Bonchev–Trinajstić information content (AvgIpc) is 2.85. The number of aromatic nitrogens is 3. The Morgan fingerprint density at radius 3 is 2.60 bits per heavy atom. The van der Waals surface area contributed by atoms with Gasteiger partial charge in [0.15, 0.2) is 5.82 Å². The van der Waals surface area contributed by atoms with Gasteiger partial charge in [0.05, 0.1) is 12.0 Å². The second-order valence-corrected chi connectivity index (χ2v) is 5.07. The molecule has 1 aromatic rings. The first-order valence-electron chi connectivity index (χ1n) is 6.61. The number of carbonyl (C=O) groups is 2. The van der Waals surface area contributed by atoms with Gasteiger partial charge in [-0.2, -0.15) is 0 Å². The molecule has 1 unspecified atom stereocenters. The quantitative estimate of drug-likeness (QED) is 0.834. The van der Waals surface area contributed by atoms with E-state index < -0.39 is 5.97 Å². The average molecular weight is 281 g/mol. The van der Waals surface area contributed by atoms with Crippen LogP contribution < -0.4 is 5.32 Å². The highest BCUT2D eigenvalue weighted by Gasteiger charge is 2.27. The highest BCUT2D eigenvalue weighted by molar-refractivity contribution is 5.75. The fourth-order valence-electron chi connectivity index (χ4n) is 2.35. The first-order chi connectivity index (χ1) is 9.49. The number of nitrogens with one attached hydrogen (secondary N) is 1. The van der Waals surface area contributed by atoms with Crippen molar-refractivity contribution < 1.29 is 14.7 Å². The maximum absolute atomic E-state index is 12.1. The van der Waals surface area contributed by atoms with Gasteiger partial charge in [-0.1, -0.05) is 0 Å². The Labute approximate surface area is 116 Å². The number of amides is 2. The van der Waals surface area contributed by atoms with E-state index in [2.05, 4.69) is 15.5 Å². The zero-order valence-corrected chi connectivity index (χ0v) is 11.6. The van der Waals surface area contributed by atoms with E-state index in [1.165, 1.54) is 0 Å². The number of nitrogens with zero attached hydrogens (tertiary/aromatic N) is 4. The predicted octanol–water partition coefficient (Wildman–Crippen LogP) is 0.382. The van der Waals surface area contributed by atoms with E-state index in [9.17, 15) is 9.59 Å². The summed E-state index contributed by atoms with van der Waals surface area (Å²) in [7, 11) is 1.82. The van der Waals surface area contributed by atoms with Crippen molar-refractivity contribution in [3.8, 4) is 0 Å². The SMILES string of the molecule is CC(NC(=O)N1CCC(C(=O)O)CC1)c1nncn1C. The summed E-state index contributed by atoms with van der Waals surface area (Å²) in [5.74, 6) is -0.438. The van der Waals surface area contributed by atoms with Crippen molar-refractivity contribution in [3.05, 3.63) is 12.2 Å². The summed E-state index contributed by atoms with van der Waals surface area (Å²) in [5, 5.41) is 19.5. The Morgan fingerprint density at radius 1 is 1.45 bits per heavy atom. The summed E-state index contributed by atoms with van der Waals surface area (Å²) < 4.78 is 1.75. The van der Waals surface area contributed by atoms with Crippen LogP contribution in [-0.4, -0.2) is 49.9 Å². The molecule has 2 rings (SSSR count). The molecule has 0 aromatic carbocycles. The first kappa shape index (κ1) is 14.3. The summed E-state index contributed by atoms with van der Waals surface area (Å²) in [6.45, 7) is 2.77. The summed E-state index contributed by atoms with van der Waals surface area (Å²) in [5.41, 5.74) is 0. The Kier molecular flexibility index (Phi) is 4.21. The van der Waals surface area contributed by atoms with Crippen LogP contribution in [0.15, 0.2) is 6.33 Å². The van der Waals surface area contributed by atoms with Crippen LogP contribution in [0, 0.1) is 5.92 Å². The molecule has 110 valence electrons. The number of carbonyl (C=O) groups excluding carboxylic acids is 1. The standard InChI is InChI=1S/C12H19N5O3/c1-8(10-15-13-7-16(10)2)14-12(20)17-5-3-9(4-6-17)11(18)19/h7-9H,3-6H2,1-2H3,(H,14,20)(H,18,19). The van der Waals surface area contributed by atoms with Crippen molar-refractivity contribution in [1.82, 2.24) is 25.0 Å². The molecular formula is C12H19N5O3. The lowest BCUT2D eigenvalue weighted by molar-refractivity contribution is -0.143. The maximum Gasteiger partial charge on any atom is 0.317 e. The summed E-state index contributed by atoms with van der Waals surface area (Å²) in [6, 6.07) is -0.434. The Balaban J connectivity index is 1.87. The van der Waals surface area contributed by atoms with Crippen molar-refractivity contribution in [1.29, 1.82) is 0 Å². The summed E-state index contributed by atoms with van der Waals surface area (Å²) in [4.78, 5) is 24.6. The molecule has 1 aliphatic heterocycles. The van der Waals surface area contributed by atoms with Gasteiger partial charge in [0.1, 0.15) is 6.33 Å². The minimum Gasteiger partial charge on any atom is -0.481 e. The molecule has 0 saturated carbocycles. The first-order valence-corrected chi connectivity index (χ1v) is 6.61.